The average Bonchev–Trinajstić information content (AvgIpc) is 3.09. The Morgan fingerprint density at radius 1 is 1.11 bits per heavy atom. The van der Waals surface area contributed by atoms with Gasteiger partial charge < -0.3 is 5.32 Å². The first-order valence-corrected chi connectivity index (χ1v) is 7.70. The van der Waals surface area contributed by atoms with E-state index in [9.17, 15) is 0 Å². The summed E-state index contributed by atoms with van der Waals surface area (Å²) in [5.74, 6) is 0. The molecule has 96 valence electrons. The molecule has 0 saturated carbocycles. The zero-order valence-electron chi connectivity index (χ0n) is 9.79. The summed E-state index contributed by atoms with van der Waals surface area (Å²) in [4.78, 5) is 10.5. The van der Waals surface area contributed by atoms with Crippen LogP contribution in [0.2, 0.25) is 4.34 Å². The number of aromatic nitrogens is 2. The molecular weight excluding hydrogens is 298 g/mol. The molecule has 6 heteroatoms. The van der Waals surface area contributed by atoms with Crippen molar-refractivity contribution in [2.24, 2.45) is 0 Å². The first kappa shape index (κ1) is 12.6. The molecule has 3 rings (SSSR count). The lowest BCUT2D eigenvalue weighted by Crippen LogP contribution is -2.09. The molecule has 3 aromatic rings. The van der Waals surface area contributed by atoms with Crippen LogP contribution < -0.4 is 5.32 Å². The van der Waals surface area contributed by atoms with Gasteiger partial charge >= 0.3 is 0 Å². The lowest BCUT2D eigenvalue weighted by molar-refractivity contribution is 0.981. The summed E-state index contributed by atoms with van der Waals surface area (Å²) in [7, 11) is 0. The molecular formula is C13H10ClN3S2. The van der Waals surface area contributed by atoms with E-state index in [2.05, 4.69) is 26.7 Å². The van der Waals surface area contributed by atoms with Crippen molar-refractivity contribution in [1.29, 1.82) is 0 Å². The van der Waals surface area contributed by atoms with Gasteiger partial charge in [-0.3, -0.25) is 0 Å². The van der Waals surface area contributed by atoms with Gasteiger partial charge in [-0.25, -0.2) is 9.97 Å². The third-order valence-corrected chi connectivity index (χ3v) is 4.81. The molecule has 0 radical (unpaired) electrons. The first-order chi connectivity index (χ1) is 9.33. The summed E-state index contributed by atoms with van der Waals surface area (Å²) in [6.45, 7) is 0. The maximum Gasteiger partial charge on any atom is 0.115 e. The third kappa shape index (κ3) is 2.94. The van der Waals surface area contributed by atoms with Crippen LogP contribution in [0.25, 0.3) is 0 Å². The summed E-state index contributed by atoms with van der Waals surface area (Å²) in [5.41, 5.74) is 0.894. The van der Waals surface area contributed by atoms with E-state index in [1.54, 1.807) is 35.1 Å². The van der Waals surface area contributed by atoms with Crippen LogP contribution in [-0.4, -0.2) is 9.97 Å². The number of hydrogen-bond acceptors (Lipinski definition) is 5. The van der Waals surface area contributed by atoms with Gasteiger partial charge in [-0.2, -0.15) is 0 Å². The largest absolute Gasteiger partial charge is 0.370 e. The Labute approximate surface area is 123 Å². The van der Waals surface area contributed by atoms with Crippen molar-refractivity contribution in [3.8, 4) is 0 Å². The molecule has 0 bridgehead atoms. The number of rotatable bonds is 4. The predicted molar refractivity (Wildman–Crippen MR) is 81.1 cm³/mol. The highest BCUT2D eigenvalue weighted by Gasteiger charge is 2.17. The van der Waals surface area contributed by atoms with Crippen LogP contribution in [0.1, 0.15) is 15.8 Å². The van der Waals surface area contributed by atoms with Crippen molar-refractivity contribution < 1.29 is 0 Å². The molecule has 19 heavy (non-hydrogen) atoms. The topological polar surface area (TPSA) is 37.8 Å². The maximum absolute atomic E-state index is 6.04. The molecule has 3 nitrogen and oxygen atoms in total. The Kier molecular flexibility index (Phi) is 3.77. The molecule has 0 aliphatic rings. The summed E-state index contributed by atoms with van der Waals surface area (Å²) in [6.07, 6.45) is 5.05. The van der Waals surface area contributed by atoms with Crippen LogP contribution in [0.4, 0.5) is 5.69 Å². The van der Waals surface area contributed by atoms with Gasteiger partial charge in [0.25, 0.3) is 0 Å². The number of anilines is 1. The molecule has 0 fully saturated rings. The number of nitrogens with one attached hydrogen (secondary N) is 1. The van der Waals surface area contributed by atoms with E-state index in [1.165, 1.54) is 16.1 Å². The van der Waals surface area contributed by atoms with E-state index < -0.39 is 0 Å². The minimum Gasteiger partial charge on any atom is -0.370 e. The van der Waals surface area contributed by atoms with Gasteiger partial charge in [0.1, 0.15) is 6.33 Å². The molecule has 3 aromatic heterocycles. The Bertz CT molecular complexity index is 637. The van der Waals surface area contributed by atoms with Crippen LogP contribution in [-0.2, 0) is 0 Å². The van der Waals surface area contributed by atoms with Gasteiger partial charge in [0.15, 0.2) is 0 Å². The van der Waals surface area contributed by atoms with Gasteiger partial charge in [0.2, 0.25) is 0 Å². The highest BCUT2D eigenvalue weighted by atomic mass is 35.5. The SMILES string of the molecule is Clc1ccc(C(Nc2cncnc2)c2cccs2)s1. The molecule has 1 atom stereocenters. The van der Waals surface area contributed by atoms with Crippen molar-refractivity contribution in [2.45, 2.75) is 6.04 Å². The molecule has 0 spiro atoms. The Morgan fingerprint density at radius 2 is 1.95 bits per heavy atom. The van der Waals surface area contributed by atoms with Crippen molar-refractivity contribution >= 4 is 40.0 Å². The van der Waals surface area contributed by atoms with Gasteiger partial charge in [0.05, 0.1) is 28.5 Å². The second kappa shape index (κ2) is 5.69. The zero-order chi connectivity index (χ0) is 13.1. The molecule has 0 saturated heterocycles. The normalized spacial score (nSPS) is 12.3. The van der Waals surface area contributed by atoms with Gasteiger partial charge in [0, 0.05) is 9.75 Å². The number of halogens is 1. The van der Waals surface area contributed by atoms with E-state index in [0.29, 0.717) is 0 Å². The first-order valence-electron chi connectivity index (χ1n) is 5.63. The minimum absolute atomic E-state index is 0.0866. The number of nitrogens with zero attached hydrogens (tertiary/aromatic N) is 2. The van der Waals surface area contributed by atoms with E-state index in [1.807, 2.05) is 18.2 Å². The fraction of sp³-hybridized carbons (Fsp3) is 0.0769. The molecule has 0 amide bonds. The van der Waals surface area contributed by atoms with Crippen molar-refractivity contribution in [3.05, 3.63) is 62.5 Å². The Balaban J connectivity index is 1.93. The van der Waals surface area contributed by atoms with Crippen molar-refractivity contribution in [1.82, 2.24) is 9.97 Å². The molecule has 3 heterocycles. The van der Waals surface area contributed by atoms with Crippen molar-refractivity contribution in [2.75, 3.05) is 5.32 Å². The van der Waals surface area contributed by atoms with Crippen molar-refractivity contribution in [3.63, 3.8) is 0 Å². The average molecular weight is 308 g/mol. The smallest absolute Gasteiger partial charge is 0.115 e. The summed E-state index contributed by atoms with van der Waals surface area (Å²) in [6, 6.07) is 8.22. The Morgan fingerprint density at radius 3 is 2.58 bits per heavy atom. The second-order valence-electron chi connectivity index (χ2n) is 3.86. The third-order valence-electron chi connectivity index (χ3n) is 2.58. The molecule has 1 N–H and O–H groups in total. The number of thiophene rings is 2. The fourth-order valence-electron chi connectivity index (χ4n) is 1.76. The van der Waals surface area contributed by atoms with Crippen LogP contribution in [0.3, 0.4) is 0 Å². The summed E-state index contributed by atoms with van der Waals surface area (Å²) < 4.78 is 0.794. The maximum atomic E-state index is 6.04. The zero-order valence-corrected chi connectivity index (χ0v) is 12.2. The Hall–Kier alpha value is -1.43. The van der Waals surface area contributed by atoms with E-state index in [4.69, 9.17) is 11.6 Å². The van der Waals surface area contributed by atoms with Crippen LogP contribution in [0.15, 0.2) is 48.4 Å². The summed E-state index contributed by atoms with van der Waals surface area (Å²) >= 11 is 9.34. The second-order valence-corrected chi connectivity index (χ2v) is 6.59. The standard InChI is InChI=1S/C13H10ClN3S2/c14-12-4-3-11(19-12)13(10-2-1-5-18-10)17-9-6-15-8-16-7-9/h1-8,13,17H. The summed E-state index contributed by atoms with van der Waals surface area (Å²) in [5, 5.41) is 5.52. The lowest BCUT2D eigenvalue weighted by Gasteiger charge is -2.16. The molecule has 0 aliphatic heterocycles. The number of hydrogen-bond donors (Lipinski definition) is 1. The molecule has 0 aliphatic carbocycles. The monoisotopic (exact) mass is 307 g/mol. The molecule has 1 unspecified atom stereocenters. The van der Waals surface area contributed by atoms with Crippen LogP contribution in [0.5, 0.6) is 0 Å². The lowest BCUT2D eigenvalue weighted by atomic mass is 10.2. The highest BCUT2D eigenvalue weighted by molar-refractivity contribution is 7.16. The van der Waals surface area contributed by atoms with Gasteiger partial charge in [-0.05, 0) is 23.6 Å². The van der Waals surface area contributed by atoms with Gasteiger partial charge in [-0.15, -0.1) is 22.7 Å². The highest BCUT2D eigenvalue weighted by Crippen LogP contribution is 2.35. The van der Waals surface area contributed by atoms with E-state index >= 15 is 0 Å². The molecule has 0 aromatic carbocycles. The van der Waals surface area contributed by atoms with Crippen LogP contribution in [0, 0.1) is 0 Å². The van der Waals surface area contributed by atoms with E-state index in [0.717, 1.165) is 10.0 Å². The van der Waals surface area contributed by atoms with E-state index in [-0.39, 0.29) is 6.04 Å². The van der Waals surface area contributed by atoms with Gasteiger partial charge in [-0.1, -0.05) is 17.7 Å². The quantitative estimate of drug-likeness (QED) is 0.773. The van der Waals surface area contributed by atoms with Crippen LogP contribution >= 0.6 is 34.3 Å². The fourth-order valence-corrected chi connectivity index (χ4v) is 3.76. The minimum atomic E-state index is 0.0866. The predicted octanol–water partition coefficient (Wildman–Crippen LogP) is 4.45.